The number of phenolic OH excluding ortho intramolecular Hbond substituents is 2. The van der Waals surface area contributed by atoms with E-state index >= 15 is 0 Å². The van der Waals surface area contributed by atoms with E-state index in [1.807, 2.05) is 0 Å². The van der Waals surface area contributed by atoms with Crippen LogP contribution in [0.5, 0.6) is 11.5 Å². The number of aliphatic hydroxyl groups is 1. The summed E-state index contributed by atoms with van der Waals surface area (Å²) in [5.41, 5.74) is 2.28. The second-order valence-corrected chi connectivity index (χ2v) is 16.9. The summed E-state index contributed by atoms with van der Waals surface area (Å²) in [6, 6.07) is 4.81. The Hall–Kier alpha value is -2.01. The van der Waals surface area contributed by atoms with E-state index in [9.17, 15) is 20.1 Å². The minimum absolute atomic E-state index is 0.0341. The monoisotopic (exact) mass is 592 g/mol. The molecule has 0 spiro atoms. The summed E-state index contributed by atoms with van der Waals surface area (Å²) in [6.45, 7) is 17.4. The van der Waals surface area contributed by atoms with Crippen molar-refractivity contribution in [1.82, 2.24) is 0 Å². The van der Waals surface area contributed by atoms with Crippen LogP contribution in [0.2, 0.25) is 0 Å². The van der Waals surface area contributed by atoms with E-state index in [1.165, 1.54) is 18.9 Å². The van der Waals surface area contributed by atoms with Crippen LogP contribution >= 0.6 is 0 Å². The molecule has 6 rings (SSSR count). The summed E-state index contributed by atoms with van der Waals surface area (Å²) >= 11 is 0. The van der Waals surface area contributed by atoms with Crippen molar-refractivity contribution in [2.75, 3.05) is 6.61 Å². The van der Waals surface area contributed by atoms with Crippen LogP contribution in [0.25, 0.3) is 0 Å². The van der Waals surface area contributed by atoms with Crippen LogP contribution in [0.1, 0.15) is 112 Å². The number of carbonyl (C=O) groups is 1. The van der Waals surface area contributed by atoms with Gasteiger partial charge in [0, 0.05) is 6.42 Å². The van der Waals surface area contributed by atoms with E-state index in [0.29, 0.717) is 30.1 Å². The van der Waals surface area contributed by atoms with Crippen LogP contribution in [0, 0.1) is 56.7 Å². The molecule has 4 saturated carbocycles. The van der Waals surface area contributed by atoms with Crippen LogP contribution < -0.4 is 0 Å². The molecule has 10 atom stereocenters. The highest BCUT2D eigenvalue weighted by molar-refractivity contribution is 5.79. The number of ether oxygens (including phenoxy) is 1. The van der Waals surface area contributed by atoms with Gasteiger partial charge in [0.1, 0.15) is 0 Å². The van der Waals surface area contributed by atoms with Gasteiger partial charge in [0.05, 0.1) is 18.1 Å². The van der Waals surface area contributed by atoms with Gasteiger partial charge in [-0.15, -0.1) is 0 Å². The molecule has 5 heteroatoms. The lowest BCUT2D eigenvalue weighted by atomic mass is 9.33. The maximum absolute atomic E-state index is 14.2. The number of esters is 1. The largest absolute Gasteiger partial charge is 0.504 e. The molecule has 1 aromatic rings. The summed E-state index contributed by atoms with van der Waals surface area (Å²) in [7, 11) is 0. The highest BCUT2D eigenvalue weighted by Gasteiger charge is 2.69. The zero-order valence-electron chi connectivity index (χ0n) is 27.7. The van der Waals surface area contributed by atoms with E-state index in [-0.39, 0.29) is 57.8 Å². The molecule has 238 valence electrons. The molecular weight excluding hydrogens is 536 g/mol. The van der Waals surface area contributed by atoms with Crippen molar-refractivity contribution in [2.45, 2.75) is 119 Å². The van der Waals surface area contributed by atoms with Crippen LogP contribution in [-0.2, 0) is 16.0 Å². The first-order valence-corrected chi connectivity index (χ1v) is 17.2. The Balaban J connectivity index is 1.31. The third kappa shape index (κ3) is 4.29. The Morgan fingerprint density at radius 1 is 0.907 bits per heavy atom. The Kier molecular flexibility index (Phi) is 7.39. The van der Waals surface area contributed by atoms with Crippen LogP contribution in [0.3, 0.4) is 0 Å². The lowest BCUT2D eigenvalue weighted by Gasteiger charge is -2.71. The molecule has 43 heavy (non-hydrogen) atoms. The molecule has 5 aliphatic carbocycles. The topological polar surface area (TPSA) is 87.0 Å². The van der Waals surface area contributed by atoms with E-state index in [2.05, 4.69) is 54.5 Å². The van der Waals surface area contributed by atoms with Crippen molar-refractivity contribution in [1.29, 1.82) is 0 Å². The van der Waals surface area contributed by atoms with Crippen LogP contribution in [0.4, 0.5) is 0 Å². The zero-order chi connectivity index (χ0) is 31.2. The van der Waals surface area contributed by atoms with Crippen molar-refractivity contribution in [3.05, 3.63) is 35.4 Å². The number of hydrogen-bond acceptors (Lipinski definition) is 5. The zero-order valence-corrected chi connectivity index (χ0v) is 27.7. The third-order valence-electron chi connectivity index (χ3n) is 15.0. The van der Waals surface area contributed by atoms with Gasteiger partial charge in [-0.1, -0.05) is 66.2 Å². The highest BCUT2D eigenvalue weighted by Crippen LogP contribution is 2.75. The minimum atomic E-state index is -0.477. The first-order chi connectivity index (χ1) is 20.1. The number of phenols is 2. The number of hydrogen-bond donors (Lipinski definition) is 3. The average molecular weight is 593 g/mol. The van der Waals surface area contributed by atoms with E-state index < -0.39 is 5.41 Å². The lowest BCUT2D eigenvalue weighted by Crippen LogP contribution is -2.65. The first-order valence-electron chi connectivity index (χ1n) is 17.2. The van der Waals surface area contributed by atoms with Gasteiger partial charge in [-0.05, 0) is 127 Å². The standard InChI is InChI=1S/C38H56O5/c1-23-12-18-38(33(42)43-21-15-25-8-10-27(39)28(40)22-25)20-19-36(6)26(32(38)24(23)2)9-11-30-35(5)16-14-31(41)34(3,4)29(35)13-17-37(30,36)7/h8-10,22-24,29-32,39-41H,11-21H2,1-7H3/t23-,24+,29?,30-,31+,32+,35+,36-,37-,38+/m1/s1. The fourth-order valence-corrected chi connectivity index (χ4v) is 12.0. The van der Waals surface area contributed by atoms with E-state index in [1.54, 1.807) is 17.7 Å². The molecular formula is C38H56O5. The number of fused-ring (bicyclic) bond motifs is 7. The molecule has 0 bridgehead atoms. The molecule has 4 fully saturated rings. The number of aromatic hydroxyl groups is 2. The molecule has 3 N–H and O–H groups in total. The summed E-state index contributed by atoms with van der Waals surface area (Å²) in [6.07, 6.45) is 12.2. The summed E-state index contributed by atoms with van der Waals surface area (Å²) < 4.78 is 6.13. The molecule has 0 aromatic heterocycles. The summed E-state index contributed by atoms with van der Waals surface area (Å²) in [4.78, 5) is 14.2. The molecule has 0 heterocycles. The third-order valence-corrected chi connectivity index (χ3v) is 15.0. The Morgan fingerprint density at radius 3 is 2.37 bits per heavy atom. The second-order valence-electron chi connectivity index (χ2n) is 16.9. The average Bonchev–Trinajstić information content (AvgIpc) is 2.95. The normalized spacial score (nSPS) is 45.1. The van der Waals surface area contributed by atoms with Gasteiger partial charge in [-0.2, -0.15) is 0 Å². The molecule has 0 amide bonds. The number of rotatable bonds is 4. The fraction of sp³-hybridized carbons (Fsp3) is 0.763. The van der Waals surface area contributed by atoms with Crippen molar-refractivity contribution < 1.29 is 24.9 Å². The van der Waals surface area contributed by atoms with Gasteiger partial charge in [-0.25, -0.2) is 0 Å². The number of allylic oxidation sites excluding steroid dienone is 2. The highest BCUT2D eigenvalue weighted by atomic mass is 16.5. The molecule has 0 aliphatic heterocycles. The maximum Gasteiger partial charge on any atom is 0.312 e. The van der Waals surface area contributed by atoms with Crippen LogP contribution in [-0.4, -0.2) is 34.0 Å². The number of aliphatic hydroxyl groups excluding tert-OH is 1. The summed E-state index contributed by atoms with van der Waals surface area (Å²) in [5.74, 6) is 1.98. The molecule has 5 aliphatic rings. The van der Waals surface area contributed by atoms with Crippen LogP contribution in [0.15, 0.2) is 29.8 Å². The quantitative estimate of drug-likeness (QED) is 0.186. The van der Waals surface area contributed by atoms with Gasteiger partial charge in [0.15, 0.2) is 11.5 Å². The second kappa shape index (κ2) is 10.3. The summed E-state index contributed by atoms with van der Waals surface area (Å²) in [5, 5.41) is 30.6. The van der Waals surface area contributed by atoms with Crippen molar-refractivity contribution >= 4 is 5.97 Å². The molecule has 5 nitrogen and oxygen atoms in total. The number of carbonyl (C=O) groups excluding carboxylic acids is 1. The Bertz CT molecular complexity index is 1300. The smallest absolute Gasteiger partial charge is 0.312 e. The van der Waals surface area contributed by atoms with Gasteiger partial charge >= 0.3 is 5.97 Å². The minimum Gasteiger partial charge on any atom is -0.504 e. The Labute approximate surface area is 259 Å². The first kappa shape index (κ1) is 31.0. The Morgan fingerprint density at radius 2 is 1.65 bits per heavy atom. The van der Waals surface area contributed by atoms with Gasteiger partial charge < -0.3 is 20.1 Å². The van der Waals surface area contributed by atoms with Crippen molar-refractivity contribution in [3.8, 4) is 11.5 Å². The molecule has 0 radical (unpaired) electrons. The maximum atomic E-state index is 14.2. The predicted molar refractivity (Wildman–Crippen MR) is 169 cm³/mol. The van der Waals surface area contributed by atoms with E-state index in [0.717, 1.165) is 50.5 Å². The number of benzene rings is 1. The molecule has 1 aromatic carbocycles. The van der Waals surface area contributed by atoms with Crippen molar-refractivity contribution in [3.63, 3.8) is 0 Å². The van der Waals surface area contributed by atoms with E-state index in [4.69, 9.17) is 4.74 Å². The van der Waals surface area contributed by atoms with Gasteiger partial charge in [0.25, 0.3) is 0 Å². The van der Waals surface area contributed by atoms with Gasteiger partial charge in [0.2, 0.25) is 0 Å². The molecule has 0 saturated heterocycles. The fourth-order valence-electron chi connectivity index (χ4n) is 12.0. The predicted octanol–water partition coefficient (Wildman–Crippen LogP) is 8.20. The van der Waals surface area contributed by atoms with Gasteiger partial charge in [-0.3, -0.25) is 4.79 Å². The molecule has 1 unspecified atom stereocenters. The van der Waals surface area contributed by atoms with Crippen molar-refractivity contribution in [2.24, 2.45) is 56.7 Å². The SMILES string of the molecule is C[C@H]1[C@H](C)CC[C@]2(C(=O)OCCc3ccc(O)c(O)c3)CC[C@]3(C)C(=CC[C@@H]4[C@@]5(C)CC[C@H](O)C(C)(C)C5CC[C@]43C)[C@H]12. The lowest BCUT2D eigenvalue weighted by molar-refractivity contribution is -0.207.